The van der Waals surface area contributed by atoms with E-state index >= 15 is 0 Å². The van der Waals surface area contributed by atoms with Crippen molar-refractivity contribution in [2.75, 3.05) is 20.0 Å². The van der Waals surface area contributed by atoms with Gasteiger partial charge in [0.15, 0.2) is 5.78 Å². The predicted octanol–water partition coefficient (Wildman–Crippen LogP) is 1.47. The molecule has 0 fully saturated rings. The number of anilines is 1. The molecule has 0 bridgehead atoms. The summed E-state index contributed by atoms with van der Waals surface area (Å²) in [6.07, 6.45) is 0. The molecular formula is C13H14N4O4. The van der Waals surface area contributed by atoms with Crippen LogP contribution in [0.4, 0.5) is 5.69 Å². The number of hydrogen-bond acceptors (Lipinski definition) is 8. The first kappa shape index (κ1) is 14.5. The molecule has 2 rings (SSSR count). The van der Waals surface area contributed by atoms with E-state index in [1.807, 2.05) is 0 Å². The van der Waals surface area contributed by atoms with Gasteiger partial charge in [0.05, 0.1) is 19.8 Å². The number of methoxy groups -OCH3 is 2. The Labute approximate surface area is 120 Å². The first-order valence-corrected chi connectivity index (χ1v) is 5.96. The van der Waals surface area contributed by atoms with Gasteiger partial charge in [-0.1, -0.05) is 0 Å². The van der Waals surface area contributed by atoms with Crippen LogP contribution in [0, 0.1) is 0 Å². The summed E-state index contributed by atoms with van der Waals surface area (Å²) in [5.74, 6) is 0.0947. The van der Waals surface area contributed by atoms with Gasteiger partial charge in [-0.2, -0.15) is 0 Å². The van der Waals surface area contributed by atoms with Crippen LogP contribution in [-0.2, 0) is 0 Å². The van der Waals surface area contributed by atoms with Crippen LogP contribution in [0.5, 0.6) is 23.8 Å². The van der Waals surface area contributed by atoms with Gasteiger partial charge < -0.3 is 19.9 Å². The zero-order valence-corrected chi connectivity index (χ0v) is 11.8. The Morgan fingerprint density at radius 1 is 1.05 bits per heavy atom. The second kappa shape index (κ2) is 6.04. The van der Waals surface area contributed by atoms with Crippen LogP contribution in [-0.4, -0.2) is 35.0 Å². The molecule has 1 heterocycles. The summed E-state index contributed by atoms with van der Waals surface area (Å²) in [4.78, 5) is 23.3. The fraction of sp³-hybridized carbons (Fsp3) is 0.231. The minimum Gasteiger partial charge on any atom is -0.467 e. The third kappa shape index (κ3) is 3.35. The number of rotatable bonds is 5. The summed E-state index contributed by atoms with van der Waals surface area (Å²) in [6.45, 7) is 1.41. The normalized spacial score (nSPS) is 10.0. The maximum absolute atomic E-state index is 11.6. The average Bonchev–Trinajstić information content (AvgIpc) is 2.48. The summed E-state index contributed by atoms with van der Waals surface area (Å²) >= 11 is 0. The Bertz CT molecular complexity index is 653. The van der Waals surface area contributed by atoms with Crippen molar-refractivity contribution in [3.63, 3.8) is 0 Å². The molecule has 1 aromatic heterocycles. The Kier molecular flexibility index (Phi) is 4.17. The topological polar surface area (TPSA) is 109 Å². The number of carbonyl (C=O) groups excluding carboxylic acids is 1. The molecule has 8 heteroatoms. The van der Waals surface area contributed by atoms with E-state index in [0.29, 0.717) is 11.3 Å². The highest BCUT2D eigenvalue weighted by atomic mass is 16.5. The van der Waals surface area contributed by atoms with Crippen LogP contribution in [0.15, 0.2) is 18.2 Å². The van der Waals surface area contributed by atoms with Crippen LogP contribution < -0.4 is 19.9 Å². The van der Waals surface area contributed by atoms with Gasteiger partial charge in [0, 0.05) is 5.69 Å². The third-order valence-electron chi connectivity index (χ3n) is 2.52. The molecule has 0 saturated heterocycles. The van der Waals surface area contributed by atoms with Gasteiger partial charge in [0.2, 0.25) is 0 Å². The number of nitrogen functional groups attached to an aromatic ring is 1. The van der Waals surface area contributed by atoms with E-state index in [-0.39, 0.29) is 29.6 Å². The minimum absolute atomic E-state index is 0.0386. The van der Waals surface area contributed by atoms with Crippen molar-refractivity contribution >= 4 is 11.5 Å². The molecule has 2 N–H and O–H groups in total. The molecule has 21 heavy (non-hydrogen) atoms. The molecular weight excluding hydrogens is 276 g/mol. The quantitative estimate of drug-likeness (QED) is 0.651. The summed E-state index contributed by atoms with van der Waals surface area (Å²) in [6, 6.07) is 4.72. The van der Waals surface area contributed by atoms with E-state index < -0.39 is 0 Å². The van der Waals surface area contributed by atoms with Crippen LogP contribution in [0.1, 0.15) is 17.3 Å². The van der Waals surface area contributed by atoms with E-state index in [1.165, 1.54) is 27.2 Å². The smallest absolute Gasteiger partial charge is 0.331 e. The highest BCUT2D eigenvalue weighted by molar-refractivity contribution is 5.97. The summed E-state index contributed by atoms with van der Waals surface area (Å²) in [5.41, 5.74) is 6.44. The molecule has 0 radical (unpaired) electrons. The lowest BCUT2D eigenvalue weighted by molar-refractivity contribution is 0.101. The van der Waals surface area contributed by atoms with Gasteiger partial charge in [-0.3, -0.25) is 4.79 Å². The number of nitrogens with two attached hydrogens (primary N) is 1. The molecule has 0 spiro atoms. The molecule has 1 aromatic carbocycles. The summed E-state index contributed by atoms with van der Waals surface area (Å²) in [7, 11) is 2.81. The fourth-order valence-corrected chi connectivity index (χ4v) is 1.56. The zero-order chi connectivity index (χ0) is 15.4. The Hall–Kier alpha value is -2.90. The summed E-state index contributed by atoms with van der Waals surface area (Å²) < 4.78 is 15.4. The summed E-state index contributed by atoms with van der Waals surface area (Å²) in [5, 5.41) is 0. The van der Waals surface area contributed by atoms with Gasteiger partial charge in [-0.25, -0.2) is 0 Å². The van der Waals surface area contributed by atoms with Crippen LogP contribution in [0.3, 0.4) is 0 Å². The molecule has 0 saturated carbocycles. The van der Waals surface area contributed by atoms with Gasteiger partial charge in [0.25, 0.3) is 0 Å². The van der Waals surface area contributed by atoms with Crippen molar-refractivity contribution in [2.45, 2.75) is 6.92 Å². The van der Waals surface area contributed by atoms with E-state index in [0.717, 1.165) is 0 Å². The van der Waals surface area contributed by atoms with Crippen LogP contribution >= 0.6 is 0 Å². The van der Waals surface area contributed by atoms with Crippen molar-refractivity contribution < 1.29 is 19.0 Å². The number of aromatic nitrogens is 3. The maximum atomic E-state index is 11.6. The third-order valence-corrected chi connectivity index (χ3v) is 2.52. The second-order valence-electron chi connectivity index (χ2n) is 4.01. The van der Waals surface area contributed by atoms with Crippen molar-refractivity contribution in [2.24, 2.45) is 0 Å². The van der Waals surface area contributed by atoms with Crippen molar-refractivity contribution in [1.82, 2.24) is 15.0 Å². The molecule has 2 aromatic rings. The first-order chi connectivity index (χ1) is 10.0. The lowest BCUT2D eigenvalue weighted by atomic mass is 10.1. The molecule has 0 aliphatic carbocycles. The Morgan fingerprint density at radius 2 is 1.62 bits per heavy atom. The first-order valence-electron chi connectivity index (χ1n) is 5.96. The van der Waals surface area contributed by atoms with Crippen molar-refractivity contribution in [3.05, 3.63) is 23.8 Å². The van der Waals surface area contributed by atoms with Crippen molar-refractivity contribution in [1.29, 1.82) is 0 Å². The maximum Gasteiger partial charge on any atom is 0.331 e. The number of ketones is 1. The Balaban J connectivity index is 2.40. The molecule has 0 unspecified atom stereocenters. The number of nitrogens with zero attached hydrogens (tertiary/aromatic N) is 3. The predicted molar refractivity (Wildman–Crippen MR) is 73.9 cm³/mol. The Morgan fingerprint density at radius 3 is 2.14 bits per heavy atom. The monoisotopic (exact) mass is 290 g/mol. The number of carbonyl (C=O) groups is 1. The molecule has 110 valence electrons. The SMILES string of the molecule is COc1nc(OC)nc(Oc2ccc(N)cc2C(C)=O)n1. The van der Waals surface area contributed by atoms with Gasteiger partial charge in [-0.15, -0.1) is 15.0 Å². The highest BCUT2D eigenvalue weighted by Crippen LogP contribution is 2.27. The van der Waals surface area contributed by atoms with E-state index in [2.05, 4.69) is 15.0 Å². The van der Waals surface area contributed by atoms with E-state index in [4.69, 9.17) is 19.9 Å². The van der Waals surface area contributed by atoms with Gasteiger partial charge >= 0.3 is 18.0 Å². The number of ether oxygens (including phenoxy) is 3. The average molecular weight is 290 g/mol. The minimum atomic E-state index is -0.190. The zero-order valence-electron chi connectivity index (χ0n) is 11.8. The number of hydrogen-bond donors (Lipinski definition) is 1. The fourth-order valence-electron chi connectivity index (χ4n) is 1.56. The van der Waals surface area contributed by atoms with Crippen LogP contribution in [0.2, 0.25) is 0 Å². The number of benzene rings is 1. The van der Waals surface area contributed by atoms with Gasteiger partial charge in [-0.05, 0) is 25.1 Å². The van der Waals surface area contributed by atoms with E-state index in [9.17, 15) is 4.79 Å². The van der Waals surface area contributed by atoms with Crippen LogP contribution in [0.25, 0.3) is 0 Å². The molecule has 0 aliphatic heterocycles. The second-order valence-corrected chi connectivity index (χ2v) is 4.01. The highest BCUT2D eigenvalue weighted by Gasteiger charge is 2.14. The molecule has 0 amide bonds. The lowest BCUT2D eigenvalue weighted by Gasteiger charge is -2.09. The standard InChI is InChI=1S/C13H14N4O4/c1-7(18)9-6-8(14)4-5-10(9)21-13-16-11(19-2)15-12(17-13)20-3/h4-6H,14H2,1-3H3. The molecule has 8 nitrogen and oxygen atoms in total. The molecule has 0 atom stereocenters. The van der Waals surface area contributed by atoms with E-state index in [1.54, 1.807) is 12.1 Å². The largest absolute Gasteiger partial charge is 0.467 e. The van der Waals surface area contributed by atoms with Crippen molar-refractivity contribution in [3.8, 4) is 23.8 Å². The number of Topliss-reactive ketones (excluding diaryl/α,β-unsaturated/α-hetero) is 1. The molecule has 0 aliphatic rings. The van der Waals surface area contributed by atoms with Gasteiger partial charge in [0.1, 0.15) is 5.75 Å². The lowest BCUT2D eigenvalue weighted by Crippen LogP contribution is -2.04.